The summed E-state index contributed by atoms with van der Waals surface area (Å²) < 4.78 is 0. The molecule has 0 aromatic heterocycles. The van der Waals surface area contributed by atoms with Gasteiger partial charge in [-0.25, -0.2) is 0 Å². The van der Waals surface area contributed by atoms with Crippen molar-refractivity contribution >= 4 is 5.91 Å². The first-order chi connectivity index (χ1) is 10.8. The largest absolute Gasteiger partial charge is 0.351 e. The van der Waals surface area contributed by atoms with E-state index in [1.54, 1.807) is 0 Å². The minimum Gasteiger partial charge on any atom is -0.351 e. The first-order valence-corrected chi connectivity index (χ1v) is 7.93. The summed E-state index contributed by atoms with van der Waals surface area (Å²) in [6, 6.07) is 16.1. The van der Waals surface area contributed by atoms with E-state index in [0.29, 0.717) is 24.6 Å². The molecule has 2 aromatic rings. The van der Waals surface area contributed by atoms with Crippen LogP contribution in [0.25, 0.3) is 0 Å². The van der Waals surface area contributed by atoms with Gasteiger partial charge in [-0.1, -0.05) is 36.4 Å². The average molecular weight is 294 g/mol. The van der Waals surface area contributed by atoms with E-state index >= 15 is 0 Å². The lowest BCUT2D eigenvalue weighted by Gasteiger charge is -2.25. The summed E-state index contributed by atoms with van der Waals surface area (Å²) in [4.78, 5) is 12.3. The molecule has 0 saturated carbocycles. The zero-order chi connectivity index (χ0) is 15.4. The molecular formula is C19H22N2O. The maximum Gasteiger partial charge on any atom is 0.251 e. The highest BCUT2D eigenvalue weighted by molar-refractivity contribution is 5.94. The molecule has 0 radical (unpaired) electrons. The molecule has 22 heavy (non-hydrogen) atoms. The van der Waals surface area contributed by atoms with Crippen LogP contribution in [-0.4, -0.2) is 12.5 Å². The predicted octanol–water partition coefficient (Wildman–Crippen LogP) is 3.00. The summed E-state index contributed by atoms with van der Waals surface area (Å²) in [5, 5.41) is 3.08. The van der Waals surface area contributed by atoms with Crippen molar-refractivity contribution in [1.29, 1.82) is 0 Å². The number of nitrogens with one attached hydrogen (secondary N) is 1. The Kier molecular flexibility index (Phi) is 4.54. The third-order valence-corrected chi connectivity index (χ3v) is 4.45. The van der Waals surface area contributed by atoms with Gasteiger partial charge < -0.3 is 11.1 Å². The van der Waals surface area contributed by atoms with Gasteiger partial charge in [-0.15, -0.1) is 0 Å². The summed E-state index contributed by atoms with van der Waals surface area (Å²) in [7, 11) is 0. The topological polar surface area (TPSA) is 55.1 Å². The molecule has 114 valence electrons. The first-order valence-electron chi connectivity index (χ1n) is 7.93. The predicted molar refractivity (Wildman–Crippen MR) is 88.8 cm³/mol. The van der Waals surface area contributed by atoms with Crippen LogP contribution in [0.1, 0.15) is 45.8 Å². The van der Waals surface area contributed by atoms with Crippen molar-refractivity contribution < 1.29 is 4.79 Å². The fourth-order valence-electron chi connectivity index (χ4n) is 3.18. The number of rotatable bonds is 4. The van der Waals surface area contributed by atoms with Crippen LogP contribution in [0.5, 0.6) is 0 Å². The van der Waals surface area contributed by atoms with Crippen LogP contribution in [0.3, 0.4) is 0 Å². The zero-order valence-corrected chi connectivity index (χ0v) is 12.7. The van der Waals surface area contributed by atoms with Crippen molar-refractivity contribution in [2.75, 3.05) is 6.54 Å². The lowest BCUT2D eigenvalue weighted by atomic mass is 9.83. The van der Waals surface area contributed by atoms with Gasteiger partial charge in [0.2, 0.25) is 0 Å². The van der Waals surface area contributed by atoms with E-state index in [1.807, 2.05) is 24.3 Å². The number of carbonyl (C=O) groups is 1. The monoisotopic (exact) mass is 294 g/mol. The molecule has 3 rings (SSSR count). The van der Waals surface area contributed by atoms with Crippen molar-refractivity contribution in [1.82, 2.24) is 5.32 Å². The molecule has 0 aliphatic heterocycles. The van der Waals surface area contributed by atoms with Gasteiger partial charge in [0.1, 0.15) is 0 Å². The van der Waals surface area contributed by atoms with E-state index in [4.69, 9.17) is 5.73 Å². The second-order valence-corrected chi connectivity index (χ2v) is 5.90. The second-order valence-electron chi connectivity index (χ2n) is 5.90. The Bertz CT molecular complexity index is 649. The molecule has 3 heteroatoms. The van der Waals surface area contributed by atoms with Gasteiger partial charge in [-0.05, 0) is 48.1 Å². The van der Waals surface area contributed by atoms with Crippen LogP contribution < -0.4 is 11.1 Å². The van der Waals surface area contributed by atoms with E-state index in [0.717, 1.165) is 18.4 Å². The molecule has 0 saturated heterocycles. The van der Waals surface area contributed by atoms with Gasteiger partial charge in [-0.3, -0.25) is 4.79 Å². The quantitative estimate of drug-likeness (QED) is 0.911. The van der Waals surface area contributed by atoms with Gasteiger partial charge in [-0.2, -0.15) is 0 Å². The van der Waals surface area contributed by atoms with E-state index < -0.39 is 0 Å². The molecule has 3 nitrogen and oxygen atoms in total. The third kappa shape index (κ3) is 3.20. The number of hydrogen-bond acceptors (Lipinski definition) is 2. The molecule has 3 N–H and O–H groups in total. The van der Waals surface area contributed by atoms with Crippen molar-refractivity contribution in [2.24, 2.45) is 5.73 Å². The average Bonchev–Trinajstić information content (AvgIpc) is 2.59. The minimum absolute atomic E-state index is 0.00775. The van der Waals surface area contributed by atoms with Crippen LogP contribution in [0.2, 0.25) is 0 Å². The van der Waals surface area contributed by atoms with Crippen molar-refractivity contribution in [3.05, 3.63) is 70.8 Å². The molecule has 1 unspecified atom stereocenters. The Balaban J connectivity index is 1.64. The lowest BCUT2D eigenvalue weighted by molar-refractivity contribution is 0.0950. The Labute approximate surface area is 131 Å². The van der Waals surface area contributed by atoms with Gasteiger partial charge in [0.25, 0.3) is 5.91 Å². The molecule has 0 spiro atoms. The van der Waals surface area contributed by atoms with E-state index in [1.165, 1.54) is 17.5 Å². The van der Waals surface area contributed by atoms with Gasteiger partial charge >= 0.3 is 0 Å². The van der Waals surface area contributed by atoms with Gasteiger partial charge in [0, 0.05) is 24.6 Å². The van der Waals surface area contributed by atoms with E-state index in [-0.39, 0.29) is 5.91 Å². The lowest BCUT2D eigenvalue weighted by Crippen LogP contribution is -2.29. The normalized spacial score (nSPS) is 16.9. The molecule has 0 fully saturated rings. The summed E-state index contributed by atoms with van der Waals surface area (Å²) in [5.41, 5.74) is 10.1. The van der Waals surface area contributed by atoms with Crippen molar-refractivity contribution in [2.45, 2.75) is 31.7 Å². The van der Waals surface area contributed by atoms with E-state index in [9.17, 15) is 4.79 Å². The Morgan fingerprint density at radius 3 is 2.68 bits per heavy atom. The number of benzene rings is 2. The minimum atomic E-state index is -0.00775. The van der Waals surface area contributed by atoms with Gasteiger partial charge in [0.15, 0.2) is 0 Å². The first kappa shape index (κ1) is 14.8. The number of fused-ring (bicyclic) bond motifs is 1. The molecule has 0 bridgehead atoms. The van der Waals surface area contributed by atoms with E-state index in [2.05, 4.69) is 29.6 Å². The number of hydrogen-bond donors (Lipinski definition) is 2. The Morgan fingerprint density at radius 2 is 1.91 bits per heavy atom. The molecule has 1 amide bonds. The summed E-state index contributed by atoms with van der Waals surface area (Å²) in [6.07, 6.45) is 3.49. The van der Waals surface area contributed by atoms with Gasteiger partial charge in [0.05, 0.1) is 0 Å². The molecular weight excluding hydrogens is 272 g/mol. The number of aryl methyl sites for hydroxylation is 1. The van der Waals surface area contributed by atoms with Crippen molar-refractivity contribution in [3.8, 4) is 0 Å². The number of amides is 1. The smallest absolute Gasteiger partial charge is 0.251 e. The maximum atomic E-state index is 12.3. The SMILES string of the molecule is NCc1ccc(C(=O)NCC2CCCc3ccccc32)cc1. The van der Waals surface area contributed by atoms with Crippen LogP contribution in [0.15, 0.2) is 48.5 Å². The number of carbonyl (C=O) groups excluding carboxylic acids is 1. The Hall–Kier alpha value is -2.13. The molecule has 0 heterocycles. The molecule has 1 atom stereocenters. The maximum absolute atomic E-state index is 12.3. The summed E-state index contributed by atoms with van der Waals surface area (Å²) in [5.74, 6) is 0.420. The Morgan fingerprint density at radius 1 is 1.14 bits per heavy atom. The standard InChI is InChI=1S/C19H22N2O/c20-12-14-8-10-16(11-9-14)19(22)21-13-17-6-3-5-15-4-1-2-7-18(15)17/h1-2,4,7-11,17H,3,5-6,12-13,20H2,(H,21,22). The fourth-order valence-corrected chi connectivity index (χ4v) is 3.18. The van der Waals surface area contributed by atoms with Crippen LogP contribution in [0.4, 0.5) is 0 Å². The highest BCUT2D eigenvalue weighted by Crippen LogP contribution is 2.30. The highest BCUT2D eigenvalue weighted by Gasteiger charge is 2.20. The molecule has 1 aliphatic carbocycles. The summed E-state index contributed by atoms with van der Waals surface area (Å²) >= 11 is 0. The highest BCUT2D eigenvalue weighted by atomic mass is 16.1. The fraction of sp³-hybridized carbons (Fsp3) is 0.316. The zero-order valence-electron chi connectivity index (χ0n) is 12.7. The summed E-state index contributed by atoms with van der Waals surface area (Å²) in [6.45, 7) is 1.20. The molecule has 1 aliphatic rings. The molecule has 2 aromatic carbocycles. The van der Waals surface area contributed by atoms with Crippen LogP contribution in [-0.2, 0) is 13.0 Å². The van der Waals surface area contributed by atoms with Crippen molar-refractivity contribution in [3.63, 3.8) is 0 Å². The van der Waals surface area contributed by atoms with Crippen LogP contribution in [0, 0.1) is 0 Å². The van der Waals surface area contributed by atoms with Crippen LogP contribution >= 0.6 is 0 Å². The second kappa shape index (κ2) is 6.75. The number of nitrogens with two attached hydrogens (primary N) is 1. The third-order valence-electron chi connectivity index (χ3n) is 4.45.